The van der Waals surface area contributed by atoms with Gasteiger partial charge in [0.1, 0.15) is 19.8 Å². The summed E-state index contributed by atoms with van der Waals surface area (Å²) in [5, 5.41) is 0. The number of hydrogen-bond donors (Lipinski definition) is 1. The van der Waals surface area contributed by atoms with Crippen LogP contribution >= 0.6 is 7.82 Å². The summed E-state index contributed by atoms with van der Waals surface area (Å²) in [7, 11) is 1.47. The topological polar surface area (TPSA) is 108 Å². The second-order valence-electron chi connectivity index (χ2n) is 24.5. The van der Waals surface area contributed by atoms with E-state index in [1.54, 1.807) is 0 Å². The number of unbranched alkanes of at least 4 members (excludes halogenated alkanes) is 26. The lowest BCUT2D eigenvalue weighted by molar-refractivity contribution is -0.870. The molecule has 502 valence electrons. The second-order valence-corrected chi connectivity index (χ2v) is 26.0. The number of carbonyl (C=O) groups is 2. The van der Waals surface area contributed by atoms with Gasteiger partial charge in [-0.25, -0.2) is 4.57 Å². The SMILES string of the molecule is CC/C=C\C/C=C\C/C=C\C/C=C\C/C=C\C/C=C\C/C=C\CCCCCCCCCCCCCCCCCC(=O)OC(COC(=O)CCCCCCCCCCCCC/C=C\C/C=C\C/C=C\C/C=C\C/C=C\CC)COP(=O)(O)OCC[N+](C)(C)C. The molecule has 9 nitrogen and oxygen atoms in total. The number of phosphoric ester groups is 1. The maximum atomic E-state index is 12.9. The zero-order chi connectivity index (χ0) is 64.1. The summed E-state index contributed by atoms with van der Waals surface area (Å²) >= 11 is 0. The Balaban J connectivity index is 4.06. The Hall–Kier alpha value is -4.11. The molecule has 1 N–H and O–H groups in total. The van der Waals surface area contributed by atoms with Crippen LogP contribution in [0.15, 0.2) is 146 Å². The zero-order valence-corrected chi connectivity index (χ0v) is 58.1. The summed E-state index contributed by atoms with van der Waals surface area (Å²) < 4.78 is 34.7. The van der Waals surface area contributed by atoms with Crippen molar-refractivity contribution >= 4 is 19.8 Å². The van der Waals surface area contributed by atoms with Crippen LogP contribution in [0.25, 0.3) is 0 Å². The Morgan fingerprint density at radius 2 is 0.614 bits per heavy atom. The molecule has 0 rings (SSSR count). The molecule has 0 heterocycles. The first-order chi connectivity index (χ1) is 43.0. The Kier molecular flexibility index (Phi) is 64.1. The van der Waals surface area contributed by atoms with Crippen molar-refractivity contribution in [1.29, 1.82) is 0 Å². The first-order valence-corrected chi connectivity index (χ1v) is 37.1. The molecule has 0 aromatic carbocycles. The highest BCUT2D eigenvalue weighted by Crippen LogP contribution is 2.43. The van der Waals surface area contributed by atoms with Crippen molar-refractivity contribution in [2.75, 3.05) is 47.5 Å². The first-order valence-electron chi connectivity index (χ1n) is 35.6. The summed E-state index contributed by atoms with van der Waals surface area (Å²) in [5.41, 5.74) is 0. The van der Waals surface area contributed by atoms with Crippen LogP contribution in [0.4, 0.5) is 0 Å². The number of nitrogens with zero attached hydrogens (tertiary/aromatic N) is 1. The molecule has 0 amide bonds. The lowest BCUT2D eigenvalue weighted by atomic mass is 10.0. The fourth-order valence-corrected chi connectivity index (χ4v) is 10.2. The monoisotopic (exact) mass is 1240 g/mol. The third-order valence-electron chi connectivity index (χ3n) is 14.9. The molecular weight excluding hydrogens is 1110 g/mol. The molecular formula is C78H133NO8P+. The van der Waals surface area contributed by atoms with Gasteiger partial charge in [0, 0.05) is 12.8 Å². The number of hydrogen-bond acceptors (Lipinski definition) is 7. The molecule has 0 aliphatic rings. The number of esters is 2. The Morgan fingerprint density at radius 1 is 0.352 bits per heavy atom. The highest BCUT2D eigenvalue weighted by Gasteiger charge is 2.27. The second kappa shape index (κ2) is 67.3. The van der Waals surface area contributed by atoms with E-state index in [0.717, 1.165) is 116 Å². The lowest BCUT2D eigenvalue weighted by Gasteiger charge is -2.24. The number of likely N-dealkylation sites (N-methyl/N-ethyl adjacent to an activating group) is 1. The van der Waals surface area contributed by atoms with Gasteiger partial charge in [-0.15, -0.1) is 0 Å². The van der Waals surface area contributed by atoms with Crippen LogP contribution in [0.2, 0.25) is 0 Å². The summed E-state index contributed by atoms with van der Waals surface area (Å²) in [6.07, 6.45) is 99.5. The van der Waals surface area contributed by atoms with E-state index in [9.17, 15) is 19.0 Å². The fourth-order valence-electron chi connectivity index (χ4n) is 9.50. The quantitative estimate of drug-likeness (QED) is 0.0211. The van der Waals surface area contributed by atoms with E-state index in [-0.39, 0.29) is 32.0 Å². The normalized spacial score (nSPS) is 14.0. The molecule has 0 spiro atoms. The molecule has 88 heavy (non-hydrogen) atoms. The van der Waals surface area contributed by atoms with Crippen molar-refractivity contribution in [3.63, 3.8) is 0 Å². The minimum Gasteiger partial charge on any atom is -0.462 e. The first kappa shape index (κ1) is 83.9. The van der Waals surface area contributed by atoms with Crippen LogP contribution in [0.1, 0.15) is 284 Å². The number of quaternary nitrogens is 1. The molecule has 0 saturated carbocycles. The highest BCUT2D eigenvalue weighted by molar-refractivity contribution is 7.47. The van der Waals surface area contributed by atoms with E-state index in [0.29, 0.717) is 17.4 Å². The summed E-state index contributed by atoms with van der Waals surface area (Å²) in [5.74, 6) is -0.802. The highest BCUT2D eigenvalue weighted by atomic mass is 31.2. The molecule has 2 atom stereocenters. The number of phosphoric acid groups is 1. The Morgan fingerprint density at radius 3 is 0.909 bits per heavy atom. The van der Waals surface area contributed by atoms with Gasteiger partial charge in [0.25, 0.3) is 0 Å². The Labute approximate surface area is 542 Å². The van der Waals surface area contributed by atoms with Gasteiger partial charge in [0.05, 0.1) is 27.7 Å². The Bertz CT molecular complexity index is 2000. The van der Waals surface area contributed by atoms with Gasteiger partial charge in [0.2, 0.25) is 0 Å². The number of ether oxygens (including phenoxy) is 2. The molecule has 0 radical (unpaired) electrons. The van der Waals surface area contributed by atoms with E-state index >= 15 is 0 Å². The van der Waals surface area contributed by atoms with Crippen LogP contribution in [0.3, 0.4) is 0 Å². The smallest absolute Gasteiger partial charge is 0.462 e. The largest absolute Gasteiger partial charge is 0.472 e. The lowest BCUT2D eigenvalue weighted by Crippen LogP contribution is -2.37. The zero-order valence-electron chi connectivity index (χ0n) is 57.2. The van der Waals surface area contributed by atoms with Crippen molar-refractivity contribution < 1.29 is 42.1 Å². The van der Waals surface area contributed by atoms with Crippen LogP contribution in [0.5, 0.6) is 0 Å². The number of carbonyl (C=O) groups excluding carboxylic acids is 2. The predicted molar refractivity (Wildman–Crippen MR) is 380 cm³/mol. The summed E-state index contributed by atoms with van der Waals surface area (Å²) in [6, 6.07) is 0. The average Bonchev–Trinajstić information content (AvgIpc) is 3.68. The van der Waals surface area contributed by atoms with Gasteiger partial charge in [-0.2, -0.15) is 0 Å². The van der Waals surface area contributed by atoms with Crippen molar-refractivity contribution in [1.82, 2.24) is 0 Å². The van der Waals surface area contributed by atoms with E-state index in [4.69, 9.17) is 18.5 Å². The van der Waals surface area contributed by atoms with Gasteiger partial charge in [-0.3, -0.25) is 18.6 Å². The molecule has 0 aromatic heterocycles. The standard InChI is InChI=1S/C78H132NO8P/c1-6-8-10-12-14-16-18-20-22-24-26-28-30-32-34-35-36-37-38-39-40-41-42-43-45-47-49-51-53-55-57-59-61-63-65-67-69-71-78(81)87-76(75-86-88(82,83)85-73-72-79(3,4)5)74-84-77(80)70-68-66-64-62-60-58-56-54-52-50-48-46-44-33-31-29-27-25-23-21-19-17-15-13-11-9-7-2/h8-11,14-17,20-23,26-29,32-34,36-37,39-40,44,76H,6-7,12-13,18-19,24-25,30-31,35,38,41-43,45-75H2,1-5H3/p+1/b10-8-,11-9-,16-14-,17-15-,22-20-,23-21-,28-26-,29-27-,34-32-,37-36-,40-39-,44-33-. The maximum absolute atomic E-state index is 12.9. The van der Waals surface area contributed by atoms with Crippen molar-refractivity contribution in [3.8, 4) is 0 Å². The molecule has 0 aromatic rings. The maximum Gasteiger partial charge on any atom is 0.472 e. The number of rotatable bonds is 64. The van der Waals surface area contributed by atoms with Crippen LogP contribution in [-0.4, -0.2) is 74.9 Å². The van der Waals surface area contributed by atoms with E-state index in [1.165, 1.54) is 135 Å². The van der Waals surface area contributed by atoms with Crippen molar-refractivity contribution in [3.05, 3.63) is 146 Å². The predicted octanol–water partition coefficient (Wildman–Crippen LogP) is 23.4. The van der Waals surface area contributed by atoms with E-state index in [2.05, 4.69) is 160 Å². The van der Waals surface area contributed by atoms with E-state index < -0.39 is 26.5 Å². The molecule has 2 unspecified atom stereocenters. The van der Waals surface area contributed by atoms with Gasteiger partial charge < -0.3 is 18.9 Å². The molecule has 0 fully saturated rings. The van der Waals surface area contributed by atoms with Gasteiger partial charge in [-0.05, 0) is 116 Å². The third kappa shape index (κ3) is 71.0. The molecule has 10 heteroatoms. The number of allylic oxidation sites excluding steroid dienone is 24. The minimum atomic E-state index is -4.40. The molecule has 0 bridgehead atoms. The minimum absolute atomic E-state index is 0.0256. The molecule has 0 saturated heterocycles. The van der Waals surface area contributed by atoms with E-state index in [1.807, 2.05) is 21.1 Å². The fraction of sp³-hybridized carbons (Fsp3) is 0.667. The van der Waals surface area contributed by atoms with Crippen LogP contribution in [0, 0.1) is 0 Å². The molecule has 0 aliphatic carbocycles. The summed E-state index contributed by atoms with van der Waals surface area (Å²) in [4.78, 5) is 35.9. The van der Waals surface area contributed by atoms with Crippen LogP contribution < -0.4 is 0 Å². The van der Waals surface area contributed by atoms with Crippen molar-refractivity contribution in [2.45, 2.75) is 290 Å². The third-order valence-corrected chi connectivity index (χ3v) is 15.8. The van der Waals surface area contributed by atoms with Gasteiger partial charge in [-0.1, -0.05) is 301 Å². The molecule has 0 aliphatic heterocycles. The van der Waals surface area contributed by atoms with Crippen molar-refractivity contribution in [2.24, 2.45) is 0 Å². The van der Waals surface area contributed by atoms with Gasteiger partial charge in [0.15, 0.2) is 6.10 Å². The summed E-state index contributed by atoms with van der Waals surface area (Å²) in [6.45, 7) is 4.21. The van der Waals surface area contributed by atoms with Crippen LogP contribution in [-0.2, 0) is 32.7 Å². The average molecular weight is 1240 g/mol. The van der Waals surface area contributed by atoms with Gasteiger partial charge >= 0.3 is 19.8 Å².